The van der Waals surface area contributed by atoms with Gasteiger partial charge in [-0.25, -0.2) is 4.79 Å². The molecule has 0 saturated heterocycles. The van der Waals surface area contributed by atoms with E-state index in [4.69, 9.17) is 9.84 Å². The zero-order valence-corrected chi connectivity index (χ0v) is 9.61. The Labute approximate surface area is 96.2 Å². The van der Waals surface area contributed by atoms with Gasteiger partial charge < -0.3 is 9.84 Å². The Bertz CT molecular complexity index is 357. The van der Waals surface area contributed by atoms with Gasteiger partial charge in [0.15, 0.2) is 6.10 Å². The maximum atomic E-state index is 10.9. The van der Waals surface area contributed by atoms with Gasteiger partial charge in [-0.1, -0.05) is 15.9 Å². The number of carboxylic acids is 1. The number of carbonyl (C=O) groups is 1. The number of halogens is 1. The zero-order chi connectivity index (χ0) is 10.8. The summed E-state index contributed by atoms with van der Waals surface area (Å²) >= 11 is 3.31. The zero-order valence-electron chi connectivity index (χ0n) is 8.02. The van der Waals surface area contributed by atoms with E-state index in [9.17, 15) is 4.79 Å². The van der Waals surface area contributed by atoms with Crippen LogP contribution in [0.5, 0.6) is 5.75 Å². The average Bonchev–Trinajstić information content (AvgIpc) is 3.00. The Kier molecular flexibility index (Phi) is 2.95. The molecule has 1 aliphatic carbocycles. The molecular weight excluding hydrogens is 260 g/mol. The molecule has 15 heavy (non-hydrogen) atoms. The highest BCUT2D eigenvalue weighted by atomic mass is 79.9. The van der Waals surface area contributed by atoms with E-state index in [1.165, 1.54) is 0 Å². The van der Waals surface area contributed by atoms with Crippen LogP contribution in [0.3, 0.4) is 0 Å². The third kappa shape index (κ3) is 2.72. The van der Waals surface area contributed by atoms with Crippen LogP contribution < -0.4 is 4.74 Å². The maximum Gasteiger partial charge on any atom is 0.345 e. The Morgan fingerprint density at radius 2 is 2.00 bits per heavy atom. The highest BCUT2D eigenvalue weighted by Crippen LogP contribution is 2.35. The molecule has 0 spiro atoms. The number of rotatable bonds is 4. The summed E-state index contributed by atoms with van der Waals surface area (Å²) in [5.41, 5.74) is 0. The van der Waals surface area contributed by atoms with Gasteiger partial charge in [0.2, 0.25) is 0 Å². The molecule has 1 fully saturated rings. The van der Waals surface area contributed by atoms with Crippen molar-refractivity contribution in [1.29, 1.82) is 0 Å². The van der Waals surface area contributed by atoms with E-state index in [1.54, 1.807) is 12.1 Å². The predicted octanol–water partition coefficient (Wildman–Crippen LogP) is 2.69. The molecule has 1 aromatic carbocycles. The van der Waals surface area contributed by atoms with Crippen LogP contribution in [0.1, 0.15) is 12.8 Å². The quantitative estimate of drug-likeness (QED) is 0.915. The molecule has 80 valence electrons. The van der Waals surface area contributed by atoms with Crippen molar-refractivity contribution in [2.45, 2.75) is 18.9 Å². The summed E-state index contributed by atoms with van der Waals surface area (Å²) in [6, 6.07) is 7.20. The molecule has 1 N–H and O–H groups in total. The fourth-order valence-electron chi connectivity index (χ4n) is 1.41. The van der Waals surface area contributed by atoms with Gasteiger partial charge in [0.25, 0.3) is 0 Å². The predicted molar refractivity (Wildman–Crippen MR) is 58.9 cm³/mol. The summed E-state index contributed by atoms with van der Waals surface area (Å²) in [5.74, 6) is -0.0796. The lowest BCUT2D eigenvalue weighted by Crippen LogP contribution is -2.29. The van der Waals surface area contributed by atoms with Gasteiger partial charge in [-0.15, -0.1) is 0 Å². The van der Waals surface area contributed by atoms with Gasteiger partial charge in [0.1, 0.15) is 5.75 Å². The monoisotopic (exact) mass is 270 g/mol. The van der Waals surface area contributed by atoms with Gasteiger partial charge in [-0.05, 0) is 37.1 Å². The number of carboxylic acid groups (broad SMARTS) is 1. The molecule has 4 heteroatoms. The van der Waals surface area contributed by atoms with Crippen molar-refractivity contribution in [1.82, 2.24) is 0 Å². The number of hydrogen-bond acceptors (Lipinski definition) is 2. The topological polar surface area (TPSA) is 46.5 Å². The Morgan fingerprint density at radius 3 is 2.47 bits per heavy atom. The van der Waals surface area contributed by atoms with Gasteiger partial charge in [0.05, 0.1) is 0 Å². The molecule has 0 radical (unpaired) electrons. The molecular formula is C11H11BrO3. The van der Waals surface area contributed by atoms with Crippen LogP contribution >= 0.6 is 15.9 Å². The van der Waals surface area contributed by atoms with Crippen LogP contribution in [-0.2, 0) is 4.79 Å². The normalized spacial score (nSPS) is 17.1. The molecule has 1 aromatic rings. The number of hydrogen-bond donors (Lipinski definition) is 1. The summed E-state index contributed by atoms with van der Waals surface area (Å²) in [5, 5.41) is 8.97. The van der Waals surface area contributed by atoms with Crippen molar-refractivity contribution in [3.63, 3.8) is 0 Å². The number of ether oxygens (including phenoxy) is 1. The second-order valence-electron chi connectivity index (χ2n) is 3.67. The first-order chi connectivity index (χ1) is 7.16. The van der Waals surface area contributed by atoms with E-state index in [0.29, 0.717) is 5.75 Å². The van der Waals surface area contributed by atoms with Crippen LogP contribution in [-0.4, -0.2) is 17.2 Å². The second kappa shape index (κ2) is 4.23. The van der Waals surface area contributed by atoms with Crippen molar-refractivity contribution >= 4 is 21.9 Å². The minimum atomic E-state index is -0.875. The lowest BCUT2D eigenvalue weighted by Gasteiger charge is -2.14. The Morgan fingerprint density at radius 1 is 1.40 bits per heavy atom. The fraction of sp³-hybridized carbons (Fsp3) is 0.364. The molecule has 0 amide bonds. The van der Waals surface area contributed by atoms with Crippen LogP contribution in [0.15, 0.2) is 28.7 Å². The van der Waals surface area contributed by atoms with E-state index in [0.717, 1.165) is 17.3 Å². The SMILES string of the molecule is O=C(O)[C@@H](Oc1ccc(Br)cc1)C1CC1. The van der Waals surface area contributed by atoms with Crippen molar-refractivity contribution in [3.8, 4) is 5.75 Å². The van der Waals surface area contributed by atoms with Crippen LogP contribution in [0.25, 0.3) is 0 Å². The molecule has 0 heterocycles. The van der Waals surface area contributed by atoms with E-state index in [1.807, 2.05) is 12.1 Å². The highest BCUT2D eigenvalue weighted by Gasteiger charge is 2.38. The molecule has 0 bridgehead atoms. The average molecular weight is 271 g/mol. The largest absolute Gasteiger partial charge is 0.478 e. The fourth-order valence-corrected chi connectivity index (χ4v) is 1.67. The maximum absolute atomic E-state index is 10.9. The van der Waals surface area contributed by atoms with Gasteiger partial charge >= 0.3 is 5.97 Å². The Hall–Kier alpha value is -1.03. The third-order valence-corrected chi connectivity index (χ3v) is 2.90. The molecule has 0 unspecified atom stereocenters. The van der Waals surface area contributed by atoms with Crippen molar-refractivity contribution in [3.05, 3.63) is 28.7 Å². The lowest BCUT2D eigenvalue weighted by molar-refractivity contribution is -0.146. The summed E-state index contributed by atoms with van der Waals surface area (Å²) in [7, 11) is 0. The lowest BCUT2D eigenvalue weighted by atomic mass is 10.2. The first-order valence-corrected chi connectivity index (χ1v) is 5.61. The standard InChI is InChI=1S/C11H11BrO3/c12-8-3-5-9(6-4-8)15-10(11(13)14)7-1-2-7/h3-7,10H,1-2H2,(H,13,14)/t10-/m0/s1. The van der Waals surface area contributed by atoms with E-state index in [2.05, 4.69) is 15.9 Å². The number of benzene rings is 1. The smallest absolute Gasteiger partial charge is 0.345 e. The first-order valence-electron chi connectivity index (χ1n) is 4.82. The van der Waals surface area contributed by atoms with E-state index >= 15 is 0 Å². The highest BCUT2D eigenvalue weighted by molar-refractivity contribution is 9.10. The van der Waals surface area contributed by atoms with Crippen LogP contribution in [0, 0.1) is 5.92 Å². The van der Waals surface area contributed by atoms with Crippen LogP contribution in [0.2, 0.25) is 0 Å². The molecule has 2 rings (SSSR count). The molecule has 1 aliphatic rings. The van der Waals surface area contributed by atoms with E-state index in [-0.39, 0.29) is 5.92 Å². The second-order valence-corrected chi connectivity index (χ2v) is 4.58. The van der Waals surface area contributed by atoms with Crippen molar-refractivity contribution < 1.29 is 14.6 Å². The summed E-state index contributed by atoms with van der Waals surface area (Å²) in [4.78, 5) is 10.9. The van der Waals surface area contributed by atoms with E-state index < -0.39 is 12.1 Å². The molecule has 3 nitrogen and oxygen atoms in total. The van der Waals surface area contributed by atoms with Gasteiger partial charge in [-0.2, -0.15) is 0 Å². The summed E-state index contributed by atoms with van der Waals surface area (Å²) in [6.45, 7) is 0. The molecule has 0 aromatic heterocycles. The number of aliphatic carboxylic acids is 1. The van der Waals surface area contributed by atoms with Gasteiger partial charge in [0, 0.05) is 10.4 Å². The van der Waals surface area contributed by atoms with Crippen molar-refractivity contribution in [2.75, 3.05) is 0 Å². The van der Waals surface area contributed by atoms with Gasteiger partial charge in [-0.3, -0.25) is 0 Å². The summed E-state index contributed by atoms with van der Waals surface area (Å²) < 4.78 is 6.39. The molecule has 1 saturated carbocycles. The summed E-state index contributed by atoms with van der Waals surface area (Å²) in [6.07, 6.45) is 1.22. The van der Waals surface area contributed by atoms with Crippen molar-refractivity contribution in [2.24, 2.45) is 5.92 Å². The third-order valence-electron chi connectivity index (χ3n) is 2.37. The minimum Gasteiger partial charge on any atom is -0.478 e. The first kappa shape index (κ1) is 10.5. The molecule has 1 atom stereocenters. The minimum absolute atomic E-state index is 0.186. The Balaban J connectivity index is 2.05. The molecule has 0 aliphatic heterocycles. The van der Waals surface area contributed by atoms with Crippen LogP contribution in [0.4, 0.5) is 0 Å².